The topological polar surface area (TPSA) is 26.3 Å². The molecule has 0 aliphatic heterocycles. The molecule has 0 saturated heterocycles. The van der Waals surface area contributed by atoms with Crippen molar-refractivity contribution in [3.05, 3.63) is 12.7 Å². The van der Waals surface area contributed by atoms with Gasteiger partial charge in [0.1, 0.15) is 6.61 Å². The Morgan fingerprint density at radius 2 is 2.50 bits per heavy atom. The Morgan fingerprint density at radius 3 is 2.90 bits per heavy atom. The summed E-state index contributed by atoms with van der Waals surface area (Å²) in [6, 6.07) is 0. The fourth-order valence-corrected chi connectivity index (χ4v) is 0.444. The van der Waals surface area contributed by atoms with E-state index in [4.69, 9.17) is 16.3 Å². The van der Waals surface area contributed by atoms with Gasteiger partial charge in [0.15, 0.2) is 0 Å². The van der Waals surface area contributed by atoms with Crippen molar-refractivity contribution in [2.24, 2.45) is 5.92 Å². The number of ether oxygens (including phenoxy) is 1. The van der Waals surface area contributed by atoms with E-state index < -0.39 is 0 Å². The van der Waals surface area contributed by atoms with Crippen LogP contribution in [-0.4, -0.2) is 18.5 Å². The molecule has 0 bridgehead atoms. The van der Waals surface area contributed by atoms with E-state index in [0.29, 0.717) is 5.88 Å². The van der Waals surface area contributed by atoms with Crippen LogP contribution in [0.2, 0.25) is 0 Å². The van der Waals surface area contributed by atoms with Gasteiger partial charge in [-0.3, -0.25) is 4.79 Å². The van der Waals surface area contributed by atoms with Gasteiger partial charge in [-0.15, -0.1) is 18.2 Å². The van der Waals surface area contributed by atoms with Gasteiger partial charge in [-0.25, -0.2) is 0 Å². The summed E-state index contributed by atoms with van der Waals surface area (Å²) in [7, 11) is 0. The van der Waals surface area contributed by atoms with Crippen LogP contribution in [0.4, 0.5) is 0 Å². The molecule has 58 valence electrons. The Balaban J connectivity index is 3.51. The zero-order valence-corrected chi connectivity index (χ0v) is 6.73. The average molecular weight is 163 g/mol. The predicted octanol–water partition coefficient (Wildman–Crippen LogP) is 1.59. The molecule has 0 aromatic rings. The van der Waals surface area contributed by atoms with Crippen LogP contribution in [0.25, 0.3) is 0 Å². The third-order valence-electron chi connectivity index (χ3n) is 1.05. The van der Waals surface area contributed by atoms with E-state index in [1.807, 2.05) is 0 Å². The number of carbonyl (C=O) groups is 1. The van der Waals surface area contributed by atoms with Gasteiger partial charge in [-0.1, -0.05) is 6.08 Å². The second-order valence-corrected chi connectivity index (χ2v) is 2.26. The van der Waals surface area contributed by atoms with Gasteiger partial charge < -0.3 is 4.74 Å². The molecule has 0 heterocycles. The lowest BCUT2D eigenvalue weighted by Gasteiger charge is -2.04. The number of esters is 1. The lowest BCUT2D eigenvalue weighted by Crippen LogP contribution is -2.13. The van der Waals surface area contributed by atoms with E-state index in [-0.39, 0.29) is 18.5 Å². The highest BCUT2D eigenvalue weighted by Crippen LogP contribution is 1.98. The number of halogens is 1. The van der Waals surface area contributed by atoms with Gasteiger partial charge in [0.2, 0.25) is 0 Å². The van der Waals surface area contributed by atoms with Gasteiger partial charge in [0.05, 0.1) is 11.8 Å². The predicted molar refractivity (Wildman–Crippen MR) is 41.0 cm³/mol. The van der Waals surface area contributed by atoms with Gasteiger partial charge in [0, 0.05) is 0 Å². The van der Waals surface area contributed by atoms with E-state index >= 15 is 0 Å². The molecule has 3 heteroatoms. The summed E-state index contributed by atoms with van der Waals surface area (Å²) in [4.78, 5) is 10.8. The molecule has 0 fully saturated rings. The highest BCUT2D eigenvalue weighted by molar-refractivity contribution is 6.18. The minimum absolute atomic E-state index is 0.233. The number of rotatable bonds is 4. The normalized spacial score (nSPS) is 12.2. The molecule has 0 aromatic heterocycles. The van der Waals surface area contributed by atoms with Gasteiger partial charge in [-0.05, 0) is 6.92 Å². The molecule has 0 rings (SSSR count). The third kappa shape index (κ3) is 3.51. The van der Waals surface area contributed by atoms with Crippen LogP contribution in [0, 0.1) is 5.92 Å². The Kier molecular flexibility index (Phi) is 5.03. The molecule has 0 spiro atoms. The summed E-state index contributed by atoms with van der Waals surface area (Å²) in [5.74, 6) is -0.158. The zero-order valence-electron chi connectivity index (χ0n) is 5.97. The number of alkyl halides is 1. The van der Waals surface area contributed by atoms with Crippen LogP contribution in [0.5, 0.6) is 0 Å². The van der Waals surface area contributed by atoms with Gasteiger partial charge in [0.25, 0.3) is 0 Å². The summed E-state index contributed by atoms with van der Waals surface area (Å²) in [6.45, 7) is 5.46. The van der Waals surface area contributed by atoms with Crippen molar-refractivity contribution in [2.75, 3.05) is 12.5 Å². The Morgan fingerprint density at radius 1 is 1.90 bits per heavy atom. The molecule has 0 aliphatic carbocycles. The fraction of sp³-hybridized carbons (Fsp3) is 0.571. The highest BCUT2D eigenvalue weighted by atomic mass is 35.5. The molecule has 0 aromatic carbocycles. The molecule has 0 aliphatic rings. The summed E-state index contributed by atoms with van der Waals surface area (Å²) in [5, 5.41) is 0. The molecule has 0 saturated carbocycles. The summed E-state index contributed by atoms with van der Waals surface area (Å²) < 4.78 is 4.70. The van der Waals surface area contributed by atoms with Crippen molar-refractivity contribution in [3.63, 3.8) is 0 Å². The Labute approximate surface area is 65.8 Å². The standard InChI is InChI=1S/C7H11ClO2/c1-3-6(2)7(9)10-5-4-8/h3,6H,1,4-5H2,2H3. The van der Waals surface area contributed by atoms with Crippen LogP contribution >= 0.6 is 11.6 Å². The molecule has 0 amide bonds. The van der Waals surface area contributed by atoms with Gasteiger partial charge in [-0.2, -0.15) is 0 Å². The quantitative estimate of drug-likeness (QED) is 0.357. The summed E-state index contributed by atoms with van der Waals surface area (Å²) >= 11 is 5.29. The minimum atomic E-state index is -0.268. The number of hydrogen-bond acceptors (Lipinski definition) is 2. The van der Waals surface area contributed by atoms with Crippen molar-refractivity contribution in [1.29, 1.82) is 0 Å². The largest absolute Gasteiger partial charge is 0.464 e. The van der Waals surface area contributed by atoms with Crippen LogP contribution in [0.15, 0.2) is 12.7 Å². The Hall–Kier alpha value is -0.500. The molecule has 0 radical (unpaired) electrons. The molecular formula is C7H11ClO2. The van der Waals surface area contributed by atoms with E-state index in [2.05, 4.69) is 6.58 Å². The molecule has 1 atom stereocenters. The first-order valence-corrected chi connectivity index (χ1v) is 3.61. The van der Waals surface area contributed by atoms with E-state index in [0.717, 1.165) is 0 Å². The van der Waals surface area contributed by atoms with E-state index in [9.17, 15) is 4.79 Å². The summed E-state index contributed by atoms with van der Waals surface area (Å²) in [6.07, 6.45) is 1.54. The number of carbonyl (C=O) groups excluding carboxylic acids is 1. The van der Waals surface area contributed by atoms with Crippen LogP contribution in [-0.2, 0) is 9.53 Å². The van der Waals surface area contributed by atoms with Crippen molar-refractivity contribution < 1.29 is 9.53 Å². The molecular weight excluding hydrogens is 152 g/mol. The van der Waals surface area contributed by atoms with Crippen molar-refractivity contribution in [2.45, 2.75) is 6.92 Å². The first-order chi connectivity index (χ1) is 4.72. The lowest BCUT2D eigenvalue weighted by molar-refractivity contribution is -0.145. The smallest absolute Gasteiger partial charge is 0.312 e. The monoisotopic (exact) mass is 162 g/mol. The molecule has 10 heavy (non-hydrogen) atoms. The zero-order chi connectivity index (χ0) is 7.98. The minimum Gasteiger partial charge on any atom is -0.464 e. The van der Waals surface area contributed by atoms with Crippen molar-refractivity contribution >= 4 is 17.6 Å². The highest BCUT2D eigenvalue weighted by Gasteiger charge is 2.08. The fourth-order valence-electron chi connectivity index (χ4n) is 0.367. The summed E-state index contributed by atoms with van der Waals surface area (Å²) in [5.41, 5.74) is 0. The molecule has 1 unspecified atom stereocenters. The number of hydrogen-bond donors (Lipinski definition) is 0. The third-order valence-corrected chi connectivity index (χ3v) is 1.20. The maximum absolute atomic E-state index is 10.8. The van der Waals surface area contributed by atoms with Crippen molar-refractivity contribution in [1.82, 2.24) is 0 Å². The maximum atomic E-state index is 10.8. The van der Waals surface area contributed by atoms with Gasteiger partial charge >= 0.3 is 5.97 Å². The first-order valence-electron chi connectivity index (χ1n) is 3.07. The second-order valence-electron chi connectivity index (χ2n) is 1.88. The van der Waals surface area contributed by atoms with E-state index in [1.165, 1.54) is 6.08 Å². The Bertz CT molecular complexity index is 123. The van der Waals surface area contributed by atoms with E-state index in [1.54, 1.807) is 6.92 Å². The molecule has 0 N–H and O–H groups in total. The lowest BCUT2D eigenvalue weighted by atomic mass is 10.2. The molecule has 2 nitrogen and oxygen atoms in total. The van der Waals surface area contributed by atoms with Crippen molar-refractivity contribution in [3.8, 4) is 0 Å². The SMILES string of the molecule is C=CC(C)C(=O)OCCCl. The average Bonchev–Trinajstić information content (AvgIpc) is 1.98. The van der Waals surface area contributed by atoms with Crippen LogP contribution in [0.3, 0.4) is 0 Å². The van der Waals surface area contributed by atoms with Crippen LogP contribution in [0.1, 0.15) is 6.92 Å². The first kappa shape index (κ1) is 9.50. The van der Waals surface area contributed by atoms with Crippen LogP contribution < -0.4 is 0 Å². The maximum Gasteiger partial charge on any atom is 0.312 e. The second kappa shape index (κ2) is 5.30.